The van der Waals surface area contributed by atoms with Crippen molar-refractivity contribution in [2.75, 3.05) is 37.9 Å². The van der Waals surface area contributed by atoms with Crippen LogP contribution in [0.5, 0.6) is 0 Å². The second kappa shape index (κ2) is 7.87. The highest BCUT2D eigenvalue weighted by molar-refractivity contribution is 7.19. The first-order valence-electron chi connectivity index (χ1n) is 6.99. The molecule has 0 saturated heterocycles. The molecule has 21 heavy (non-hydrogen) atoms. The summed E-state index contributed by atoms with van der Waals surface area (Å²) in [5.74, 6) is -0.802. The SMILES string of the molecule is CCCCN(CC)c1sc(C(=O)NC)c(N)c1C(=O)OC. The van der Waals surface area contributed by atoms with Crippen LogP contribution in [0.25, 0.3) is 0 Å². The van der Waals surface area contributed by atoms with Gasteiger partial charge < -0.3 is 20.7 Å². The second-order valence-electron chi connectivity index (χ2n) is 4.53. The number of carbonyl (C=O) groups excluding carboxylic acids is 2. The fourth-order valence-corrected chi connectivity index (χ4v) is 3.23. The lowest BCUT2D eigenvalue weighted by molar-refractivity contribution is 0.0603. The van der Waals surface area contributed by atoms with Gasteiger partial charge in [0.1, 0.15) is 15.4 Å². The van der Waals surface area contributed by atoms with Crippen LogP contribution in [0, 0.1) is 0 Å². The van der Waals surface area contributed by atoms with Gasteiger partial charge in [-0.2, -0.15) is 0 Å². The van der Waals surface area contributed by atoms with Crippen LogP contribution in [0.2, 0.25) is 0 Å². The smallest absolute Gasteiger partial charge is 0.343 e. The predicted octanol–water partition coefficient (Wildman–Crippen LogP) is 2.10. The molecule has 0 atom stereocenters. The molecule has 0 fully saturated rings. The van der Waals surface area contributed by atoms with Gasteiger partial charge in [-0.1, -0.05) is 13.3 Å². The molecule has 7 heteroatoms. The fraction of sp³-hybridized carbons (Fsp3) is 0.571. The number of carbonyl (C=O) groups is 2. The van der Waals surface area contributed by atoms with Crippen LogP contribution in [0.4, 0.5) is 10.7 Å². The number of rotatable bonds is 7. The Morgan fingerprint density at radius 3 is 2.52 bits per heavy atom. The first-order valence-corrected chi connectivity index (χ1v) is 7.80. The molecule has 0 bridgehead atoms. The van der Waals surface area contributed by atoms with Crippen LogP contribution < -0.4 is 16.0 Å². The molecular weight excluding hydrogens is 290 g/mol. The lowest BCUT2D eigenvalue weighted by Crippen LogP contribution is -2.25. The summed E-state index contributed by atoms with van der Waals surface area (Å²) in [4.78, 5) is 26.3. The van der Waals surface area contributed by atoms with Gasteiger partial charge in [-0.25, -0.2) is 4.79 Å². The normalized spacial score (nSPS) is 10.3. The number of nitrogens with zero attached hydrogens (tertiary/aromatic N) is 1. The summed E-state index contributed by atoms with van der Waals surface area (Å²) in [6, 6.07) is 0. The maximum atomic E-state index is 12.0. The van der Waals surface area contributed by atoms with Crippen molar-refractivity contribution in [2.45, 2.75) is 26.7 Å². The third-order valence-corrected chi connectivity index (χ3v) is 4.46. The van der Waals surface area contributed by atoms with E-state index in [2.05, 4.69) is 17.1 Å². The number of anilines is 2. The first kappa shape index (κ1) is 17.3. The number of hydrogen-bond donors (Lipinski definition) is 2. The Bertz CT molecular complexity index is 514. The monoisotopic (exact) mass is 313 g/mol. The predicted molar refractivity (Wildman–Crippen MR) is 86.3 cm³/mol. The molecule has 0 spiro atoms. The zero-order chi connectivity index (χ0) is 16.0. The standard InChI is InChI=1S/C14H23N3O3S/c1-5-7-8-17(6-2)13-9(14(19)20-4)10(15)11(21-13)12(18)16-3/h5-8,15H2,1-4H3,(H,16,18). The minimum Gasteiger partial charge on any atom is -0.465 e. The van der Waals surface area contributed by atoms with Crippen LogP contribution in [0.1, 0.15) is 46.7 Å². The van der Waals surface area contributed by atoms with Gasteiger partial charge in [0.15, 0.2) is 0 Å². The van der Waals surface area contributed by atoms with Crippen molar-refractivity contribution in [3.8, 4) is 0 Å². The van der Waals surface area contributed by atoms with E-state index in [-0.39, 0.29) is 11.6 Å². The fourth-order valence-electron chi connectivity index (χ4n) is 1.99. The molecule has 1 aromatic rings. The molecule has 1 amide bonds. The Hall–Kier alpha value is -1.76. The van der Waals surface area contributed by atoms with Gasteiger partial charge in [0.25, 0.3) is 5.91 Å². The molecule has 118 valence electrons. The molecule has 0 aromatic carbocycles. The van der Waals surface area contributed by atoms with Crippen molar-refractivity contribution in [1.29, 1.82) is 0 Å². The zero-order valence-electron chi connectivity index (χ0n) is 13.0. The van der Waals surface area contributed by atoms with Crippen LogP contribution in [-0.4, -0.2) is 39.1 Å². The van der Waals surface area contributed by atoms with E-state index in [0.717, 1.165) is 25.9 Å². The van der Waals surface area contributed by atoms with Crippen molar-refractivity contribution in [3.63, 3.8) is 0 Å². The van der Waals surface area contributed by atoms with E-state index >= 15 is 0 Å². The van der Waals surface area contributed by atoms with E-state index in [1.807, 2.05) is 6.92 Å². The van der Waals surface area contributed by atoms with E-state index in [1.54, 1.807) is 0 Å². The first-order chi connectivity index (χ1) is 10.0. The van der Waals surface area contributed by atoms with Gasteiger partial charge in [0.2, 0.25) is 0 Å². The quantitative estimate of drug-likeness (QED) is 0.753. The summed E-state index contributed by atoms with van der Waals surface area (Å²) in [7, 11) is 2.85. The number of nitrogens with one attached hydrogen (secondary N) is 1. The number of ether oxygens (including phenoxy) is 1. The van der Waals surface area contributed by atoms with Crippen molar-refractivity contribution < 1.29 is 14.3 Å². The summed E-state index contributed by atoms with van der Waals surface area (Å²) in [5, 5.41) is 3.24. The van der Waals surface area contributed by atoms with Gasteiger partial charge in [-0.05, 0) is 13.3 Å². The average Bonchev–Trinajstić information content (AvgIpc) is 2.84. The van der Waals surface area contributed by atoms with Crippen molar-refractivity contribution in [2.24, 2.45) is 0 Å². The number of esters is 1. The maximum absolute atomic E-state index is 12.0. The summed E-state index contributed by atoms with van der Waals surface area (Å²) in [6.07, 6.45) is 2.05. The van der Waals surface area contributed by atoms with Crippen LogP contribution in [-0.2, 0) is 4.74 Å². The maximum Gasteiger partial charge on any atom is 0.343 e. The number of amides is 1. The zero-order valence-corrected chi connectivity index (χ0v) is 13.8. The minimum atomic E-state index is -0.510. The van der Waals surface area contributed by atoms with E-state index < -0.39 is 5.97 Å². The molecule has 0 aliphatic carbocycles. The van der Waals surface area contributed by atoms with Gasteiger partial charge in [0.05, 0.1) is 12.8 Å². The third kappa shape index (κ3) is 3.66. The Kier molecular flexibility index (Phi) is 6.48. The topological polar surface area (TPSA) is 84.7 Å². The Morgan fingerprint density at radius 1 is 1.38 bits per heavy atom. The summed E-state index contributed by atoms with van der Waals surface area (Å²) >= 11 is 1.23. The highest BCUT2D eigenvalue weighted by Crippen LogP contribution is 2.38. The van der Waals surface area contributed by atoms with E-state index in [1.165, 1.54) is 25.5 Å². The van der Waals surface area contributed by atoms with E-state index in [0.29, 0.717) is 15.4 Å². The number of nitrogen functional groups attached to an aromatic ring is 1. The minimum absolute atomic E-state index is 0.191. The number of unbranched alkanes of at least 4 members (excludes halogenated alkanes) is 1. The van der Waals surface area contributed by atoms with E-state index in [9.17, 15) is 9.59 Å². The van der Waals surface area contributed by atoms with Gasteiger partial charge in [-0.15, -0.1) is 11.3 Å². The molecule has 0 aliphatic heterocycles. The molecule has 3 N–H and O–H groups in total. The molecule has 0 unspecified atom stereocenters. The number of thiophene rings is 1. The average molecular weight is 313 g/mol. The molecule has 1 aromatic heterocycles. The summed E-state index contributed by atoms with van der Waals surface area (Å²) in [6.45, 7) is 5.65. The highest BCUT2D eigenvalue weighted by Gasteiger charge is 2.28. The number of hydrogen-bond acceptors (Lipinski definition) is 6. The molecule has 0 saturated carbocycles. The Balaban J connectivity index is 3.33. The molecule has 1 heterocycles. The van der Waals surface area contributed by atoms with Crippen molar-refractivity contribution in [1.82, 2.24) is 5.32 Å². The second-order valence-corrected chi connectivity index (χ2v) is 5.53. The molecule has 0 aliphatic rings. The molecule has 0 radical (unpaired) electrons. The summed E-state index contributed by atoms with van der Waals surface area (Å²) < 4.78 is 4.81. The van der Waals surface area contributed by atoms with Gasteiger partial charge >= 0.3 is 5.97 Å². The van der Waals surface area contributed by atoms with Crippen LogP contribution in [0.15, 0.2) is 0 Å². The Morgan fingerprint density at radius 2 is 2.05 bits per heavy atom. The third-order valence-electron chi connectivity index (χ3n) is 3.20. The number of nitrogens with two attached hydrogens (primary N) is 1. The summed E-state index contributed by atoms with van der Waals surface area (Å²) in [5.41, 5.74) is 6.48. The Labute approximate surface area is 129 Å². The highest BCUT2D eigenvalue weighted by atomic mass is 32.1. The van der Waals surface area contributed by atoms with Gasteiger partial charge in [-0.3, -0.25) is 4.79 Å². The van der Waals surface area contributed by atoms with Gasteiger partial charge in [0, 0.05) is 20.1 Å². The van der Waals surface area contributed by atoms with Crippen molar-refractivity contribution in [3.05, 3.63) is 10.4 Å². The van der Waals surface area contributed by atoms with Crippen LogP contribution in [0.3, 0.4) is 0 Å². The molecule has 1 rings (SSSR count). The molecular formula is C14H23N3O3S. The lowest BCUT2D eigenvalue weighted by atomic mass is 10.2. The lowest BCUT2D eigenvalue weighted by Gasteiger charge is -2.22. The van der Waals surface area contributed by atoms with Crippen molar-refractivity contribution >= 4 is 33.9 Å². The van der Waals surface area contributed by atoms with Crippen LogP contribution >= 0.6 is 11.3 Å². The largest absolute Gasteiger partial charge is 0.465 e. The molecule has 6 nitrogen and oxygen atoms in total. The number of methoxy groups -OCH3 is 1. The van der Waals surface area contributed by atoms with E-state index in [4.69, 9.17) is 10.5 Å².